The molecule has 0 aliphatic rings. The second kappa shape index (κ2) is 4.36. The van der Waals surface area contributed by atoms with Crippen LogP contribution < -0.4 is 0 Å². The minimum atomic E-state index is -1.13. The molecule has 0 fully saturated rings. The molecule has 1 aromatic rings. The van der Waals surface area contributed by atoms with Gasteiger partial charge in [0, 0.05) is 12.1 Å². The van der Waals surface area contributed by atoms with E-state index >= 15 is 0 Å². The SMILES string of the molecule is Cc1cccc([N+](=O)[O-])c1C=CC(=O)O. The summed E-state index contributed by atoms with van der Waals surface area (Å²) in [6.07, 6.45) is 2.12. The van der Waals surface area contributed by atoms with Crippen molar-refractivity contribution in [2.24, 2.45) is 0 Å². The average Bonchev–Trinajstić information content (AvgIpc) is 2.15. The van der Waals surface area contributed by atoms with Crippen LogP contribution in [0.3, 0.4) is 0 Å². The van der Waals surface area contributed by atoms with Crippen LogP contribution in [0.15, 0.2) is 24.3 Å². The van der Waals surface area contributed by atoms with Crippen molar-refractivity contribution in [3.63, 3.8) is 0 Å². The van der Waals surface area contributed by atoms with E-state index < -0.39 is 10.9 Å². The van der Waals surface area contributed by atoms with Gasteiger partial charge < -0.3 is 5.11 Å². The predicted octanol–water partition coefficient (Wildman–Crippen LogP) is 2.00. The Morgan fingerprint density at radius 3 is 2.73 bits per heavy atom. The van der Waals surface area contributed by atoms with E-state index in [2.05, 4.69) is 0 Å². The Labute approximate surface area is 85.8 Å². The number of carbonyl (C=O) groups is 1. The van der Waals surface area contributed by atoms with E-state index in [9.17, 15) is 14.9 Å². The smallest absolute Gasteiger partial charge is 0.328 e. The molecule has 15 heavy (non-hydrogen) atoms. The molecule has 0 aliphatic carbocycles. The number of aryl methyl sites for hydroxylation is 1. The van der Waals surface area contributed by atoms with Crippen molar-refractivity contribution >= 4 is 17.7 Å². The molecule has 5 heteroatoms. The van der Waals surface area contributed by atoms with Gasteiger partial charge in [-0.1, -0.05) is 12.1 Å². The van der Waals surface area contributed by atoms with Crippen LogP contribution >= 0.6 is 0 Å². The van der Waals surface area contributed by atoms with Crippen LogP contribution in [-0.4, -0.2) is 16.0 Å². The third-order valence-electron chi connectivity index (χ3n) is 1.89. The zero-order valence-electron chi connectivity index (χ0n) is 8.01. The number of benzene rings is 1. The Balaban J connectivity index is 3.25. The van der Waals surface area contributed by atoms with E-state index in [-0.39, 0.29) is 5.69 Å². The molecule has 0 radical (unpaired) electrons. The van der Waals surface area contributed by atoms with Crippen LogP contribution in [0.1, 0.15) is 11.1 Å². The lowest BCUT2D eigenvalue weighted by atomic mass is 10.1. The molecular weight excluding hydrogens is 198 g/mol. The van der Waals surface area contributed by atoms with Crippen LogP contribution in [0, 0.1) is 17.0 Å². The van der Waals surface area contributed by atoms with E-state index in [1.165, 1.54) is 12.1 Å². The zero-order valence-corrected chi connectivity index (χ0v) is 8.01. The van der Waals surface area contributed by atoms with Crippen molar-refractivity contribution in [2.75, 3.05) is 0 Å². The Bertz CT molecular complexity index is 437. The number of hydrogen-bond acceptors (Lipinski definition) is 3. The van der Waals surface area contributed by atoms with Gasteiger partial charge in [-0.3, -0.25) is 10.1 Å². The minimum Gasteiger partial charge on any atom is -0.478 e. The van der Waals surface area contributed by atoms with Crippen LogP contribution in [0.2, 0.25) is 0 Å². The lowest BCUT2D eigenvalue weighted by Crippen LogP contribution is -1.94. The number of nitro groups is 1. The highest BCUT2D eigenvalue weighted by Crippen LogP contribution is 2.22. The van der Waals surface area contributed by atoms with Gasteiger partial charge in [0.2, 0.25) is 0 Å². The maximum Gasteiger partial charge on any atom is 0.328 e. The molecule has 0 spiro atoms. The van der Waals surface area contributed by atoms with Gasteiger partial charge in [0.05, 0.1) is 10.5 Å². The molecule has 5 nitrogen and oxygen atoms in total. The first kappa shape index (κ1) is 10.9. The molecule has 0 saturated carbocycles. The average molecular weight is 207 g/mol. The fourth-order valence-electron chi connectivity index (χ4n) is 1.20. The summed E-state index contributed by atoms with van der Waals surface area (Å²) in [4.78, 5) is 20.4. The lowest BCUT2D eigenvalue weighted by Gasteiger charge is -2.00. The Hall–Kier alpha value is -2.17. The third kappa shape index (κ3) is 2.63. The van der Waals surface area contributed by atoms with Gasteiger partial charge in [0.1, 0.15) is 0 Å². The van der Waals surface area contributed by atoms with Gasteiger partial charge in [0.15, 0.2) is 0 Å². The first-order valence-electron chi connectivity index (χ1n) is 4.17. The number of nitro benzene ring substituents is 1. The largest absolute Gasteiger partial charge is 0.478 e. The summed E-state index contributed by atoms with van der Waals surface area (Å²) < 4.78 is 0. The Morgan fingerprint density at radius 2 is 2.20 bits per heavy atom. The molecule has 1 N–H and O–H groups in total. The first-order chi connectivity index (χ1) is 7.02. The standard InChI is InChI=1S/C10H9NO4/c1-7-3-2-4-9(11(14)15)8(7)5-6-10(12)13/h2-6H,1H3,(H,12,13). The number of hydrogen-bond donors (Lipinski definition) is 1. The van der Waals surface area contributed by atoms with Crippen LogP contribution in [0.4, 0.5) is 5.69 Å². The van der Waals surface area contributed by atoms with Crippen LogP contribution in [-0.2, 0) is 4.79 Å². The molecule has 0 aromatic heterocycles. The highest BCUT2D eigenvalue weighted by molar-refractivity contribution is 5.86. The monoisotopic (exact) mass is 207 g/mol. The van der Waals surface area contributed by atoms with Crippen molar-refractivity contribution < 1.29 is 14.8 Å². The molecule has 0 saturated heterocycles. The Morgan fingerprint density at radius 1 is 1.53 bits per heavy atom. The third-order valence-corrected chi connectivity index (χ3v) is 1.89. The number of aliphatic carboxylic acids is 1. The van der Waals surface area contributed by atoms with Gasteiger partial charge in [-0.2, -0.15) is 0 Å². The summed E-state index contributed by atoms with van der Waals surface area (Å²) in [5.41, 5.74) is 0.902. The van der Waals surface area contributed by atoms with Crippen molar-refractivity contribution in [3.8, 4) is 0 Å². The van der Waals surface area contributed by atoms with Gasteiger partial charge in [-0.15, -0.1) is 0 Å². The van der Waals surface area contributed by atoms with Crippen LogP contribution in [0.5, 0.6) is 0 Å². The topological polar surface area (TPSA) is 80.4 Å². The molecular formula is C10H9NO4. The zero-order chi connectivity index (χ0) is 11.4. The van der Waals surface area contributed by atoms with Crippen molar-refractivity contribution in [2.45, 2.75) is 6.92 Å². The normalized spacial score (nSPS) is 10.5. The van der Waals surface area contributed by atoms with E-state index in [1.54, 1.807) is 19.1 Å². The molecule has 1 aromatic carbocycles. The van der Waals surface area contributed by atoms with Gasteiger partial charge in [0.25, 0.3) is 5.69 Å². The lowest BCUT2D eigenvalue weighted by molar-refractivity contribution is -0.385. The van der Waals surface area contributed by atoms with Gasteiger partial charge in [-0.05, 0) is 18.6 Å². The van der Waals surface area contributed by atoms with Crippen molar-refractivity contribution in [1.29, 1.82) is 0 Å². The second-order valence-corrected chi connectivity index (χ2v) is 2.94. The quantitative estimate of drug-likeness (QED) is 0.467. The predicted molar refractivity (Wildman–Crippen MR) is 54.5 cm³/mol. The maximum absolute atomic E-state index is 10.6. The summed E-state index contributed by atoms with van der Waals surface area (Å²) >= 11 is 0. The van der Waals surface area contributed by atoms with Crippen molar-refractivity contribution in [1.82, 2.24) is 0 Å². The van der Waals surface area contributed by atoms with Gasteiger partial charge in [-0.25, -0.2) is 4.79 Å². The summed E-state index contributed by atoms with van der Waals surface area (Å²) in [7, 11) is 0. The fraction of sp³-hybridized carbons (Fsp3) is 0.100. The molecule has 0 unspecified atom stereocenters. The molecule has 78 valence electrons. The van der Waals surface area contributed by atoms with Crippen molar-refractivity contribution in [3.05, 3.63) is 45.5 Å². The highest BCUT2D eigenvalue weighted by atomic mass is 16.6. The van der Waals surface area contributed by atoms with E-state index in [0.717, 1.165) is 6.08 Å². The van der Waals surface area contributed by atoms with E-state index in [0.29, 0.717) is 11.1 Å². The molecule has 0 bridgehead atoms. The summed E-state index contributed by atoms with van der Waals surface area (Å²) in [6.45, 7) is 1.69. The fourth-order valence-corrected chi connectivity index (χ4v) is 1.20. The molecule has 0 amide bonds. The molecule has 1 rings (SSSR count). The highest BCUT2D eigenvalue weighted by Gasteiger charge is 2.12. The molecule has 0 atom stereocenters. The van der Waals surface area contributed by atoms with E-state index in [1.807, 2.05) is 0 Å². The minimum absolute atomic E-state index is 0.0903. The summed E-state index contributed by atoms with van der Waals surface area (Å²) in [5.74, 6) is -1.13. The second-order valence-electron chi connectivity index (χ2n) is 2.94. The molecule has 0 aliphatic heterocycles. The van der Waals surface area contributed by atoms with Crippen LogP contribution in [0.25, 0.3) is 6.08 Å². The first-order valence-corrected chi connectivity index (χ1v) is 4.17. The number of nitrogens with zero attached hydrogens (tertiary/aromatic N) is 1. The summed E-state index contributed by atoms with van der Waals surface area (Å²) in [5, 5.41) is 19.1. The van der Waals surface area contributed by atoms with Gasteiger partial charge >= 0.3 is 5.97 Å². The Kier molecular flexibility index (Phi) is 3.17. The maximum atomic E-state index is 10.6. The van der Waals surface area contributed by atoms with E-state index in [4.69, 9.17) is 5.11 Å². The summed E-state index contributed by atoms with van der Waals surface area (Å²) in [6, 6.07) is 4.59. The number of carboxylic acid groups (broad SMARTS) is 1. The number of rotatable bonds is 3. The molecule has 0 heterocycles. The number of carboxylic acids is 1.